The molecule has 0 radical (unpaired) electrons. The molecule has 1 rings (SSSR count). The Hall–Kier alpha value is -1.95. The first kappa shape index (κ1) is 12.1. The van der Waals surface area contributed by atoms with Crippen molar-refractivity contribution in [2.24, 2.45) is 0 Å². The molecule has 0 aliphatic heterocycles. The van der Waals surface area contributed by atoms with Crippen molar-refractivity contribution in [2.45, 2.75) is 13.3 Å². The van der Waals surface area contributed by atoms with E-state index in [1.807, 2.05) is 35.2 Å². The van der Waals surface area contributed by atoms with Gasteiger partial charge < -0.3 is 10.0 Å². The predicted molar refractivity (Wildman–Crippen MR) is 64.4 cm³/mol. The van der Waals surface area contributed by atoms with E-state index in [0.717, 1.165) is 5.69 Å². The fourth-order valence-corrected chi connectivity index (χ4v) is 1.42. The third-order valence-corrected chi connectivity index (χ3v) is 2.13. The van der Waals surface area contributed by atoms with Crippen LogP contribution >= 0.6 is 0 Å². The number of rotatable bonds is 5. The lowest BCUT2D eigenvalue weighted by atomic mass is 10.2. The molecule has 0 saturated carbocycles. The van der Waals surface area contributed by atoms with E-state index in [2.05, 4.69) is 11.8 Å². The molecule has 0 aliphatic rings. The summed E-state index contributed by atoms with van der Waals surface area (Å²) in [4.78, 5) is 12.6. The number of anilines is 1. The molecule has 1 N–H and O–H groups in total. The van der Waals surface area contributed by atoms with Crippen LogP contribution in [-0.2, 0) is 4.79 Å². The molecule has 3 heteroatoms. The molecule has 1 aromatic rings. The van der Waals surface area contributed by atoms with Gasteiger partial charge in [-0.15, -0.1) is 11.8 Å². The Morgan fingerprint density at radius 2 is 2.06 bits per heavy atom. The van der Waals surface area contributed by atoms with Crippen molar-refractivity contribution in [3.8, 4) is 11.8 Å². The van der Waals surface area contributed by atoms with Crippen molar-refractivity contribution >= 4 is 11.7 Å². The summed E-state index contributed by atoms with van der Waals surface area (Å²) in [7, 11) is 0. The van der Waals surface area contributed by atoms with Crippen LogP contribution in [-0.4, -0.2) is 24.2 Å². The van der Waals surface area contributed by atoms with Crippen molar-refractivity contribution in [3.05, 3.63) is 30.3 Å². The summed E-state index contributed by atoms with van der Waals surface area (Å²) in [6.07, 6.45) is 0.679. The molecular weight excluding hydrogens is 202 g/mol. The van der Waals surface area contributed by atoms with E-state index in [0.29, 0.717) is 13.0 Å². The summed E-state index contributed by atoms with van der Waals surface area (Å²) >= 11 is 0. The molecule has 0 atom stereocenters. The maximum atomic E-state index is 10.7. The fourth-order valence-electron chi connectivity index (χ4n) is 1.42. The number of aliphatic carboxylic acids is 1. The molecule has 84 valence electrons. The average Bonchev–Trinajstić information content (AvgIpc) is 2.29. The first-order valence-corrected chi connectivity index (χ1v) is 5.15. The van der Waals surface area contributed by atoms with Gasteiger partial charge >= 0.3 is 5.97 Å². The zero-order valence-corrected chi connectivity index (χ0v) is 9.31. The summed E-state index contributed by atoms with van der Waals surface area (Å²) in [6.45, 7) is 2.43. The molecular formula is C13H15NO2. The smallest absolute Gasteiger partial charge is 0.323 e. The Labute approximate surface area is 95.7 Å². The predicted octanol–water partition coefficient (Wildman–Crippen LogP) is 1.99. The highest BCUT2D eigenvalue weighted by atomic mass is 16.4. The van der Waals surface area contributed by atoms with E-state index in [1.165, 1.54) is 0 Å². The molecule has 0 fully saturated rings. The maximum Gasteiger partial charge on any atom is 0.323 e. The van der Waals surface area contributed by atoms with Crippen LogP contribution in [0, 0.1) is 11.8 Å². The Morgan fingerprint density at radius 3 is 2.62 bits per heavy atom. The summed E-state index contributed by atoms with van der Waals surface area (Å²) in [5.41, 5.74) is 0.919. The lowest BCUT2D eigenvalue weighted by molar-refractivity contribution is -0.135. The lowest BCUT2D eigenvalue weighted by Gasteiger charge is -2.21. The van der Waals surface area contributed by atoms with Crippen LogP contribution < -0.4 is 4.90 Å². The van der Waals surface area contributed by atoms with Crippen LogP contribution in [0.25, 0.3) is 0 Å². The quantitative estimate of drug-likeness (QED) is 0.767. The highest BCUT2D eigenvalue weighted by molar-refractivity contribution is 5.73. The number of hydrogen-bond acceptors (Lipinski definition) is 2. The van der Waals surface area contributed by atoms with E-state index in [4.69, 9.17) is 5.11 Å². The number of hydrogen-bond donors (Lipinski definition) is 1. The molecule has 0 aromatic heterocycles. The average molecular weight is 217 g/mol. The molecule has 3 nitrogen and oxygen atoms in total. The van der Waals surface area contributed by atoms with E-state index < -0.39 is 5.97 Å². The zero-order chi connectivity index (χ0) is 11.8. The number of para-hydroxylation sites is 1. The highest BCUT2D eigenvalue weighted by Crippen LogP contribution is 2.12. The topological polar surface area (TPSA) is 40.5 Å². The summed E-state index contributed by atoms with van der Waals surface area (Å²) in [5.74, 6) is 4.92. The number of nitrogens with zero attached hydrogens (tertiary/aromatic N) is 1. The van der Waals surface area contributed by atoms with Crippen LogP contribution in [0.3, 0.4) is 0 Å². The van der Waals surface area contributed by atoms with Crippen LogP contribution in [0.2, 0.25) is 0 Å². The van der Waals surface area contributed by atoms with Gasteiger partial charge in [0.15, 0.2) is 0 Å². The summed E-state index contributed by atoms with van der Waals surface area (Å²) in [6, 6.07) is 9.52. The van der Waals surface area contributed by atoms with Gasteiger partial charge in [-0.1, -0.05) is 18.2 Å². The minimum absolute atomic E-state index is 0.00933. The van der Waals surface area contributed by atoms with E-state index in [-0.39, 0.29) is 6.54 Å². The van der Waals surface area contributed by atoms with Gasteiger partial charge in [0.05, 0.1) is 0 Å². The maximum absolute atomic E-state index is 10.7. The van der Waals surface area contributed by atoms with E-state index in [1.54, 1.807) is 6.92 Å². The Morgan fingerprint density at radius 1 is 1.38 bits per heavy atom. The normalized spacial score (nSPS) is 9.06. The van der Waals surface area contributed by atoms with Crippen LogP contribution in [0.5, 0.6) is 0 Å². The molecule has 0 unspecified atom stereocenters. The molecule has 1 aromatic carbocycles. The molecule has 0 aliphatic carbocycles. The van der Waals surface area contributed by atoms with Gasteiger partial charge in [0.1, 0.15) is 6.54 Å². The fraction of sp³-hybridized carbons (Fsp3) is 0.308. The molecule has 0 bridgehead atoms. The number of carbonyl (C=O) groups is 1. The monoisotopic (exact) mass is 217 g/mol. The van der Waals surface area contributed by atoms with Gasteiger partial charge in [-0.25, -0.2) is 0 Å². The molecule has 16 heavy (non-hydrogen) atoms. The SMILES string of the molecule is CC#CCCN(CC(=O)O)c1ccccc1. The molecule has 0 amide bonds. The van der Waals surface area contributed by atoms with Gasteiger partial charge in [-0.3, -0.25) is 4.79 Å². The Balaban J connectivity index is 2.69. The lowest BCUT2D eigenvalue weighted by Crippen LogP contribution is -2.30. The van der Waals surface area contributed by atoms with Crippen LogP contribution in [0.4, 0.5) is 5.69 Å². The highest BCUT2D eigenvalue weighted by Gasteiger charge is 2.08. The second-order valence-corrected chi connectivity index (χ2v) is 3.33. The van der Waals surface area contributed by atoms with Gasteiger partial charge in [-0.05, 0) is 19.1 Å². The van der Waals surface area contributed by atoms with E-state index in [9.17, 15) is 4.79 Å². The number of carboxylic acid groups (broad SMARTS) is 1. The summed E-state index contributed by atoms with van der Waals surface area (Å²) < 4.78 is 0. The van der Waals surface area contributed by atoms with Gasteiger partial charge in [0.25, 0.3) is 0 Å². The van der Waals surface area contributed by atoms with Crippen LogP contribution in [0.1, 0.15) is 13.3 Å². The molecule has 0 spiro atoms. The molecule has 0 heterocycles. The first-order valence-electron chi connectivity index (χ1n) is 5.15. The van der Waals surface area contributed by atoms with Gasteiger partial charge in [0, 0.05) is 18.7 Å². The number of carboxylic acids is 1. The van der Waals surface area contributed by atoms with Crippen molar-refractivity contribution in [1.29, 1.82) is 0 Å². The molecule has 0 saturated heterocycles. The largest absolute Gasteiger partial charge is 0.480 e. The summed E-state index contributed by atoms with van der Waals surface area (Å²) in [5, 5.41) is 8.82. The standard InChI is InChI=1S/C13H15NO2/c1-2-3-7-10-14(11-13(15)16)12-8-5-4-6-9-12/h4-6,8-9H,7,10-11H2,1H3,(H,15,16). The van der Waals surface area contributed by atoms with Crippen molar-refractivity contribution in [2.75, 3.05) is 18.0 Å². The Bertz CT molecular complexity index is 389. The third kappa shape index (κ3) is 4.05. The van der Waals surface area contributed by atoms with Crippen molar-refractivity contribution < 1.29 is 9.90 Å². The zero-order valence-electron chi connectivity index (χ0n) is 9.31. The minimum atomic E-state index is -0.826. The number of benzene rings is 1. The second-order valence-electron chi connectivity index (χ2n) is 3.33. The first-order chi connectivity index (χ1) is 7.74. The van der Waals surface area contributed by atoms with E-state index >= 15 is 0 Å². The second kappa shape index (κ2) is 6.52. The van der Waals surface area contributed by atoms with Gasteiger partial charge in [0.2, 0.25) is 0 Å². The Kier molecular flexibility index (Phi) is 4.94. The third-order valence-electron chi connectivity index (χ3n) is 2.13. The van der Waals surface area contributed by atoms with Gasteiger partial charge in [-0.2, -0.15) is 0 Å². The van der Waals surface area contributed by atoms with Crippen molar-refractivity contribution in [3.63, 3.8) is 0 Å². The van der Waals surface area contributed by atoms with Crippen LogP contribution in [0.15, 0.2) is 30.3 Å². The van der Waals surface area contributed by atoms with Crippen molar-refractivity contribution in [1.82, 2.24) is 0 Å². The minimum Gasteiger partial charge on any atom is -0.480 e.